The lowest BCUT2D eigenvalue weighted by Crippen LogP contribution is -2.38. The van der Waals surface area contributed by atoms with Gasteiger partial charge in [-0.05, 0) is 19.1 Å². The molecule has 4 nitrogen and oxygen atoms in total. The van der Waals surface area contributed by atoms with Crippen LogP contribution in [-0.2, 0) is 14.6 Å². The van der Waals surface area contributed by atoms with Crippen molar-refractivity contribution in [1.29, 1.82) is 0 Å². The summed E-state index contributed by atoms with van der Waals surface area (Å²) in [6, 6.07) is 2.70. The molecule has 0 spiro atoms. The molecule has 0 bridgehead atoms. The number of nitrogens with one attached hydrogen (secondary N) is 1. The molecular formula is C9H8FNO3S. The van der Waals surface area contributed by atoms with Crippen LogP contribution in [0.25, 0.3) is 0 Å². The zero-order valence-corrected chi connectivity index (χ0v) is 8.64. The summed E-state index contributed by atoms with van der Waals surface area (Å²) in [6.45, 7) is 1.38. The summed E-state index contributed by atoms with van der Waals surface area (Å²) in [7, 11) is -4.03. The molecule has 1 unspecified atom stereocenters. The first-order chi connectivity index (χ1) is 6.94. The highest BCUT2D eigenvalue weighted by molar-refractivity contribution is 8.06. The fourth-order valence-corrected chi connectivity index (χ4v) is 2.91. The Kier molecular flexibility index (Phi) is 2.04. The number of sulfone groups is 1. The quantitative estimate of drug-likeness (QED) is 0.719. The van der Waals surface area contributed by atoms with Crippen LogP contribution in [0.1, 0.15) is 6.92 Å². The number of fused-ring (bicyclic) bond motifs is 1. The monoisotopic (exact) mass is 229 g/mol. The Hall–Kier alpha value is -1.43. The van der Waals surface area contributed by atoms with Crippen LogP contribution in [0.15, 0.2) is 23.1 Å². The Morgan fingerprint density at radius 2 is 2.07 bits per heavy atom. The van der Waals surface area contributed by atoms with Gasteiger partial charge in [-0.2, -0.15) is 0 Å². The first-order valence-corrected chi connectivity index (χ1v) is 5.77. The normalized spacial score (nSPS) is 23.1. The van der Waals surface area contributed by atoms with Gasteiger partial charge in [0.15, 0.2) is 0 Å². The number of rotatable bonds is 0. The lowest BCUT2D eigenvalue weighted by Gasteiger charge is -2.22. The minimum atomic E-state index is -4.03. The van der Waals surface area contributed by atoms with Gasteiger partial charge in [0.25, 0.3) is 5.12 Å². The van der Waals surface area contributed by atoms with Crippen molar-refractivity contribution in [2.45, 2.75) is 17.9 Å². The average Bonchev–Trinajstić information content (AvgIpc) is 2.17. The van der Waals surface area contributed by atoms with E-state index in [2.05, 4.69) is 5.32 Å². The molecule has 0 amide bonds. The van der Waals surface area contributed by atoms with Gasteiger partial charge < -0.3 is 5.32 Å². The predicted molar refractivity (Wildman–Crippen MR) is 51.7 cm³/mol. The molecule has 0 radical (unpaired) electrons. The summed E-state index contributed by atoms with van der Waals surface area (Å²) in [6.07, 6.45) is 0. The smallest absolute Gasteiger partial charge is 0.272 e. The number of anilines is 1. The van der Waals surface area contributed by atoms with E-state index in [-0.39, 0.29) is 10.6 Å². The maximum atomic E-state index is 13.3. The number of hydrogen-bond donors (Lipinski definition) is 1. The lowest BCUT2D eigenvalue weighted by molar-refractivity contribution is -0.112. The third kappa shape index (κ3) is 1.32. The van der Waals surface area contributed by atoms with Crippen molar-refractivity contribution < 1.29 is 17.6 Å². The van der Waals surface area contributed by atoms with E-state index in [9.17, 15) is 17.6 Å². The highest BCUT2D eigenvalue weighted by atomic mass is 32.2. The summed E-state index contributed by atoms with van der Waals surface area (Å²) in [5, 5.41) is 1.60. The summed E-state index contributed by atoms with van der Waals surface area (Å²) < 4.78 is 36.5. The first-order valence-electron chi connectivity index (χ1n) is 4.28. The average molecular weight is 229 g/mol. The Bertz CT molecular complexity index is 538. The Morgan fingerprint density at radius 1 is 1.40 bits per heavy atom. The predicted octanol–water partition coefficient (Wildman–Crippen LogP) is 0.940. The molecule has 1 aliphatic rings. The van der Waals surface area contributed by atoms with Gasteiger partial charge in [-0.3, -0.25) is 4.79 Å². The Balaban J connectivity index is 2.78. The van der Waals surface area contributed by atoms with E-state index in [1.54, 1.807) is 0 Å². The van der Waals surface area contributed by atoms with Gasteiger partial charge in [-0.1, -0.05) is 6.07 Å². The number of hydrogen-bond acceptors (Lipinski definition) is 4. The molecule has 0 saturated heterocycles. The number of benzene rings is 1. The molecule has 15 heavy (non-hydrogen) atoms. The summed E-state index contributed by atoms with van der Waals surface area (Å²) in [5.41, 5.74) is -0.121. The standard InChI is InChI=1S/C9H8FNO3S/c1-5-9(12)15(13,14)7-4-2-3-6(10)8(7)11-5/h2-5,11H,1H3. The van der Waals surface area contributed by atoms with Crippen molar-refractivity contribution in [3.05, 3.63) is 24.0 Å². The van der Waals surface area contributed by atoms with E-state index < -0.39 is 26.8 Å². The van der Waals surface area contributed by atoms with E-state index >= 15 is 0 Å². The van der Waals surface area contributed by atoms with Gasteiger partial charge in [0, 0.05) is 0 Å². The number of halogens is 1. The minimum Gasteiger partial charge on any atom is -0.371 e. The molecule has 1 atom stereocenters. The number of carbonyl (C=O) groups is 1. The van der Waals surface area contributed by atoms with E-state index in [1.165, 1.54) is 19.1 Å². The highest BCUT2D eigenvalue weighted by Crippen LogP contribution is 2.31. The van der Waals surface area contributed by atoms with Gasteiger partial charge in [0.1, 0.15) is 10.7 Å². The Labute approximate surface area is 86.0 Å². The van der Waals surface area contributed by atoms with E-state index in [0.29, 0.717) is 0 Å². The molecule has 1 aromatic rings. The molecule has 2 rings (SSSR count). The van der Waals surface area contributed by atoms with Crippen LogP contribution in [0.3, 0.4) is 0 Å². The van der Waals surface area contributed by atoms with Crippen molar-refractivity contribution >= 4 is 20.6 Å². The molecule has 0 fully saturated rings. The van der Waals surface area contributed by atoms with Crippen LogP contribution in [0.5, 0.6) is 0 Å². The molecule has 1 aliphatic heterocycles. The second-order valence-corrected chi connectivity index (χ2v) is 5.15. The van der Waals surface area contributed by atoms with Gasteiger partial charge in [-0.15, -0.1) is 0 Å². The Morgan fingerprint density at radius 3 is 2.73 bits per heavy atom. The molecule has 1 aromatic carbocycles. The van der Waals surface area contributed by atoms with Crippen molar-refractivity contribution in [1.82, 2.24) is 0 Å². The third-order valence-corrected chi connectivity index (χ3v) is 4.05. The minimum absolute atomic E-state index is 0.121. The van der Waals surface area contributed by atoms with Crippen molar-refractivity contribution in [2.24, 2.45) is 0 Å². The van der Waals surface area contributed by atoms with Crippen LogP contribution in [0, 0.1) is 5.82 Å². The van der Waals surface area contributed by atoms with E-state index in [1.807, 2.05) is 0 Å². The molecule has 6 heteroatoms. The van der Waals surface area contributed by atoms with Crippen LogP contribution in [0.2, 0.25) is 0 Å². The topological polar surface area (TPSA) is 63.2 Å². The molecule has 80 valence electrons. The molecular weight excluding hydrogens is 221 g/mol. The van der Waals surface area contributed by atoms with Crippen LogP contribution < -0.4 is 5.32 Å². The van der Waals surface area contributed by atoms with Crippen LogP contribution in [0.4, 0.5) is 10.1 Å². The summed E-state index contributed by atoms with van der Waals surface area (Å²) >= 11 is 0. The molecule has 1 heterocycles. The van der Waals surface area contributed by atoms with Crippen molar-refractivity contribution in [2.75, 3.05) is 5.32 Å². The van der Waals surface area contributed by atoms with E-state index in [4.69, 9.17) is 0 Å². The maximum Gasteiger partial charge on any atom is 0.272 e. The zero-order chi connectivity index (χ0) is 11.2. The first kappa shape index (κ1) is 10.1. The fraction of sp³-hybridized carbons (Fsp3) is 0.222. The second-order valence-electron chi connectivity index (χ2n) is 3.30. The fourth-order valence-electron chi connectivity index (χ4n) is 1.48. The highest BCUT2D eigenvalue weighted by Gasteiger charge is 2.37. The number of para-hydroxylation sites is 1. The van der Waals surface area contributed by atoms with Gasteiger partial charge in [0.2, 0.25) is 9.84 Å². The summed E-state index contributed by atoms with van der Waals surface area (Å²) in [4.78, 5) is 11.1. The van der Waals surface area contributed by atoms with Crippen LogP contribution >= 0.6 is 0 Å². The molecule has 1 N–H and O–H groups in total. The van der Waals surface area contributed by atoms with E-state index in [0.717, 1.165) is 6.07 Å². The van der Waals surface area contributed by atoms with Crippen molar-refractivity contribution in [3.8, 4) is 0 Å². The largest absolute Gasteiger partial charge is 0.371 e. The zero-order valence-electron chi connectivity index (χ0n) is 7.82. The number of carbonyl (C=O) groups excluding carboxylic acids is 1. The molecule has 0 aliphatic carbocycles. The van der Waals surface area contributed by atoms with Crippen molar-refractivity contribution in [3.63, 3.8) is 0 Å². The SMILES string of the molecule is CC1Nc2c(F)cccc2S(=O)(=O)C1=O. The van der Waals surface area contributed by atoms with Gasteiger partial charge >= 0.3 is 0 Å². The second kappa shape index (κ2) is 3.03. The van der Waals surface area contributed by atoms with Gasteiger partial charge in [0.05, 0.1) is 11.7 Å². The van der Waals surface area contributed by atoms with Crippen LogP contribution in [-0.4, -0.2) is 19.6 Å². The maximum absolute atomic E-state index is 13.3. The lowest BCUT2D eigenvalue weighted by atomic mass is 10.2. The molecule has 0 saturated carbocycles. The molecule has 0 aromatic heterocycles. The third-order valence-electron chi connectivity index (χ3n) is 2.24. The summed E-state index contributed by atoms with van der Waals surface area (Å²) in [5.74, 6) is -0.671. The van der Waals surface area contributed by atoms with Gasteiger partial charge in [-0.25, -0.2) is 12.8 Å².